The molecule has 7 nitrogen and oxygen atoms in total. The zero-order valence-corrected chi connectivity index (χ0v) is 12.8. The van der Waals surface area contributed by atoms with Crippen molar-refractivity contribution >= 4 is 16.7 Å². The van der Waals surface area contributed by atoms with E-state index in [0.717, 1.165) is 11.0 Å². The van der Waals surface area contributed by atoms with Crippen LogP contribution >= 0.6 is 0 Å². The molecule has 0 saturated carbocycles. The second-order valence-corrected chi connectivity index (χ2v) is 5.62. The zero-order valence-electron chi connectivity index (χ0n) is 12.8. The van der Waals surface area contributed by atoms with Crippen LogP contribution in [0.5, 0.6) is 5.75 Å². The van der Waals surface area contributed by atoms with E-state index in [1.54, 1.807) is 30.6 Å². The number of ether oxygens (including phenoxy) is 1. The van der Waals surface area contributed by atoms with Gasteiger partial charge in [-0.25, -0.2) is 4.98 Å². The number of H-pyrrole nitrogens is 1. The summed E-state index contributed by atoms with van der Waals surface area (Å²) in [5, 5.41) is 11.3. The lowest BCUT2D eigenvalue weighted by molar-refractivity contribution is -0.385. The van der Waals surface area contributed by atoms with Gasteiger partial charge in [-0.05, 0) is 24.1 Å². The second kappa shape index (κ2) is 6.04. The molecule has 1 N–H and O–H groups in total. The molecule has 0 fully saturated rings. The van der Waals surface area contributed by atoms with E-state index in [0.29, 0.717) is 18.0 Å². The third-order valence-corrected chi connectivity index (χ3v) is 3.28. The highest BCUT2D eigenvalue weighted by molar-refractivity contribution is 5.79. The number of nitrogens with one attached hydrogen (secondary N) is 1. The molecule has 118 valence electrons. The molecule has 0 unspecified atom stereocenters. The Morgan fingerprint density at radius 1 is 1.35 bits per heavy atom. The molecule has 0 radical (unpaired) electrons. The van der Waals surface area contributed by atoms with Crippen molar-refractivity contribution in [2.24, 2.45) is 5.92 Å². The summed E-state index contributed by atoms with van der Waals surface area (Å²) in [5.74, 6) is 1.12. The lowest BCUT2D eigenvalue weighted by Gasteiger charge is -2.09. The Kier molecular flexibility index (Phi) is 3.92. The topological polar surface area (TPSA) is 93.9 Å². The number of pyridine rings is 1. The minimum atomic E-state index is -0.441. The first kappa shape index (κ1) is 15.0. The number of aromatic amines is 1. The molecule has 2 heterocycles. The van der Waals surface area contributed by atoms with Crippen molar-refractivity contribution in [3.05, 3.63) is 46.8 Å². The van der Waals surface area contributed by atoms with Gasteiger partial charge in [0.15, 0.2) is 5.75 Å². The predicted molar refractivity (Wildman–Crippen MR) is 86.3 cm³/mol. The molecule has 3 aromatic rings. The van der Waals surface area contributed by atoms with E-state index in [9.17, 15) is 10.1 Å². The highest BCUT2D eigenvalue weighted by Gasteiger charge is 2.18. The third-order valence-electron chi connectivity index (χ3n) is 3.28. The molecule has 0 atom stereocenters. The van der Waals surface area contributed by atoms with E-state index < -0.39 is 4.92 Å². The Morgan fingerprint density at radius 3 is 2.87 bits per heavy atom. The monoisotopic (exact) mass is 312 g/mol. The Hall–Kier alpha value is -2.96. The van der Waals surface area contributed by atoms with Crippen LogP contribution in [-0.4, -0.2) is 26.5 Å². The van der Waals surface area contributed by atoms with Crippen molar-refractivity contribution in [1.29, 1.82) is 0 Å². The maximum Gasteiger partial charge on any atom is 0.311 e. The molecule has 0 aliphatic carbocycles. The molecule has 0 aliphatic heterocycles. The molecule has 0 saturated heterocycles. The summed E-state index contributed by atoms with van der Waals surface area (Å²) in [7, 11) is 0. The molecular formula is C16H16N4O3. The summed E-state index contributed by atoms with van der Waals surface area (Å²) in [6.07, 6.45) is 3.32. The minimum Gasteiger partial charge on any atom is -0.487 e. The Labute approximate surface area is 132 Å². The second-order valence-electron chi connectivity index (χ2n) is 5.62. The van der Waals surface area contributed by atoms with Crippen LogP contribution in [0.15, 0.2) is 36.7 Å². The third kappa shape index (κ3) is 3.13. The van der Waals surface area contributed by atoms with Gasteiger partial charge in [-0.1, -0.05) is 13.8 Å². The number of rotatable bonds is 5. The van der Waals surface area contributed by atoms with E-state index in [1.165, 1.54) is 6.07 Å². The average Bonchev–Trinajstić information content (AvgIpc) is 2.96. The Bertz CT molecular complexity index is 824. The van der Waals surface area contributed by atoms with Gasteiger partial charge in [-0.3, -0.25) is 15.1 Å². The fourth-order valence-electron chi connectivity index (χ4n) is 2.18. The van der Waals surface area contributed by atoms with Gasteiger partial charge in [-0.2, -0.15) is 0 Å². The Balaban J connectivity index is 1.99. The maximum absolute atomic E-state index is 11.3. The molecule has 1 aromatic carbocycles. The highest BCUT2D eigenvalue weighted by Crippen LogP contribution is 2.32. The zero-order chi connectivity index (χ0) is 16.4. The van der Waals surface area contributed by atoms with Gasteiger partial charge in [0.1, 0.15) is 5.82 Å². The lowest BCUT2D eigenvalue weighted by atomic mass is 10.1. The summed E-state index contributed by atoms with van der Waals surface area (Å²) in [4.78, 5) is 22.4. The van der Waals surface area contributed by atoms with Gasteiger partial charge in [0, 0.05) is 17.8 Å². The quantitative estimate of drug-likeness (QED) is 0.574. The smallest absolute Gasteiger partial charge is 0.311 e. The van der Waals surface area contributed by atoms with Crippen molar-refractivity contribution in [2.45, 2.75) is 13.8 Å². The standard InChI is InChI=1S/C16H16N4O3/c1-10(2)9-23-15-4-3-11(7-14(15)20(21)22)16-18-12-5-6-17-8-13(12)19-16/h3-8,10H,9H2,1-2H3,(H,18,19). The van der Waals surface area contributed by atoms with E-state index in [4.69, 9.17) is 4.74 Å². The summed E-state index contributed by atoms with van der Waals surface area (Å²) < 4.78 is 5.53. The molecular weight excluding hydrogens is 296 g/mol. The number of nitrogens with zero attached hydrogens (tertiary/aromatic N) is 3. The Morgan fingerprint density at radius 2 is 2.17 bits per heavy atom. The number of hydrogen-bond donors (Lipinski definition) is 1. The molecule has 0 bridgehead atoms. The van der Waals surface area contributed by atoms with Crippen LogP contribution in [0.3, 0.4) is 0 Å². The maximum atomic E-state index is 11.3. The van der Waals surface area contributed by atoms with Crippen LogP contribution in [0.4, 0.5) is 5.69 Å². The summed E-state index contributed by atoms with van der Waals surface area (Å²) in [6.45, 7) is 4.40. The van der Waals surface area contributed by atoms with Gasteiger partial charge < -0.3 is 9.72 Å². The van der Waals surface area contributed by atoms with Gasteiger partial charge in [0.2, 0.25) is 0 Å². The fraction of sp³-hybridized carbons (Fsp3) is 0.250. The van der Waals surface area contributed by atoms with Crippen LogP contribution in [0.2, 0.25) is 0 Å². The lowest BCUT2D eigenvalue weighted by Crippen LogP contribution is -2.06. The van der Waals surface area contributed by atoms with Crippen molar-refractivity contribution in [3.63, 3.8) is 0 Å². The first-order valence-electron chi connectivity index (χ1n) is 7.26. The van der Waals surface area contributed by atoms with Crippen LogP contribution in [0.1, 0.15) is 13.8 Å². The first-order valence-corrected chi connectivity index (χ1v) is 7.26. The molecule has 0 amide bonds. The SMILES string of the molecule is CC(C)COc1ccc(-c2nc3ccncc3[nH]2)cc1[N+](=O)[O-]. The predicted octanol–water partition coefficient (Wildman–Crippen LogP) is 3.57. The number of hydrogen-bond acceptors (Lipinski definition) is 5. The van der Waals surface area contributed by atoms with E-state index in [1.807, 2.05) is 13.8 Å². The number of nitro benzene ring substituents is 1. The van der Waals surface area contributed by atoms with Gasteiger partial charge in [0.25, 0.3) is 0 Å². The van der Waals surface area contributed by atoms with Crippen molar-refractivity contribution < 1.29 is 9.66 Å². The first-order chi connectivity index (χ1) is 11.0. The summed E-state index contributed by atoms with van der Waals surface area (Å²) >= 11 is 0. The number of nitro groups is 1. The molecule has 0 spiro atoms. The highest BCUT2D eigenvalue weighted by atomic mass is 16.6. The van der Waals surface area contributed by atoms with Crippen LogP contribution in [0.25, 0.3) is 22.4 Å². The number of benzene rings is 1. The van der Waals surface area contributed by atoms with Crippen molar-refractivity contribution in [3.8, 4) is 17.1 Å². The van der Waals surface area contributed by atoms with Crippen molar-refractivity contribution in [2.75, 3.05) is 6.61 Å². The van der Waals surface area contributed by atoms with Crippen LogP contribution < -0.4 is 4.74 Å². The molecule has 7 heteroatoms. The van der Waals surface area contributed by atoms with Crippen LogP contribution in [0, 0.1) is 16.0 Å². The largest absolute Gasteiger partial charge is 0.487 e. The molecule has 2 aromatic heterocycles. The van der Waals surface area contributed by atoms with E-state index in [2.05, 4.69) is 15.0 Å². The van der Waals surface area contributed by atoms with E-state index >= 15 is 0 Å². The summed E-state index contributed by atoms with van der Waals surface area (Å²) in [5.41, 5.74) is 2.11. The van der Waals surface area contributed by atoms with Crippen LogP contribution in [-0.2, 0) is 0 Å². The van der Waals surface area contributed by atoms with E-state index in [-0.39, 0.29) is 17.4 Å². The van der Waals surface area contributed by atoms with Gasteiger partial charge >= 0.3 is 5.69 Å². The molecule has 3 rings (SSSR count). The normalized spacial score (nSPS) is 11.1. The average molecular weight is 312 g/mol. The fourth-order valence-corrected chi connectivity index (χ4v) is 2.18. The number of fused-ring (bicyclic) bond motifs is 1. The van der Waals surface area contributed by atoms with Gasteiger partial charge in [0.05, 0.1) is 28.8 Å². The van der Waals surface area contributed by atoms with Crippen molar-refractivity contribution in [1.82, 2.24) is 15.0 Å². The number of imidazole rings is 1. The number of aromatic nitrogens is 3. The molecule has 0 aliphatic rings. The molecule has 23 heavy (non-hydrogen) atoms. The minimum absolute atomic E-state index is 0.0678. The van der Waals surface area contributed by atoms with Gasteiger partial charge in [-0.15, -0.1) is 0 Å². The summed E-state index contributed by atoms with van der Waals surface area (Å²) in [6, 6.07) is 6.62.